The van der Waals surface area contributed by atoms with Gasteiger partial charge in [-0.25, -0.2) is 9.59 Å². The van der Waals surface area contributed by atoms with Crippen LogP contribution >= 0.6 is 7.26 Å². The summed E-state index contributed by atoms with van der Waals surface area (Å²) in [6.07, 6.45) is 12.0. The van der Waals surface area contributed by atoms with Crippen LogP contribution in [0.25, 0.3) is 0 Å². The van der Waals surface area contributed by atoms with Gasteiger partial charge in [-0.1, -0.05) is 108 Å². The molecule has 0 aliphatic carbocycles. The van der Waals surface area contributed by atoms with Gasteiger partial charge in [0.05, 0.1) is 35.7 Å². The normalized spacial score (nSPS) is 18.9. The number of nitrogens with zero attached hydrogens (tertiary/aromatic N) is 2. The molecule has 2 heterocycles. The number of aromatic nitrogens is 2. The minimum Gasteiger partial charge on any atom is -0.434 e. The second-order valence-electron chi connectivity index (χ2n) is 18.1. The molecule has 1 N–H and O–H groups in total. The number of ketones is 1. The minimum atomic E-state index is -2.66. The van der Waals surface area contributed by atoms with Crippen LogP contribution in [0.3, 0.4) is 0 Å². The van der Waals surface area contributed by atoms with E-state index in [4.69, 9.17) is 18.6 Å². The molecule has 3 rings (SSSR count). The van der Waals surface area contributed by atoms with Gasteiger partial charge in [0.2, 0.25) is 8.32 Å². The summed E-state index contributed by atoms with van der Waals surface area (Å²) in [5.41, 5.74) is -0.328. The Hall–Kier alpha value is -3.19. The highest BCUT2D eigenvalue weighted by molar-refractivity contribution is 7.75. The van der Waals surface area contributed by atoms with Crippen LogP contribution in [0.15, 0.2) is 40.1 Å². The van der Waals surface area contributed by atoms with Crippen molar-refractivity contribution in [3.05, 3.63) is 72.5 Å². The highest BCUT2D eigenvalue weighted by atomic mass is 31.2. The average molecular weight is 891 g/mol. The van der Waals surface area contributed by atoms with Crippen molar-refractivity contribution < 1.29 is 33.1 Å². The molecular formula is C46H77N3O10PSi+. The first-order valence-electron chi connectivity index (χ1n) is 23.1. The first kappa shape index (κ1) is 52.2. The zero-order chi connectivity index (χ0) is 45.5. The average Bonchev–Trinajstić information content (AvgIpc) is 3.55. The second kappa shape index (κ2) is 24.6. The van der Waals surface area contributed by atoms with Crippen molar-refractivity contribution in [2.75, 3.05) is 31.3 Å². The molecule has 0 radical (unpaired) electrons. The minimum absolute atomic E-state index is 0.107. The molecule has 2 aromatic rings. The van der Waals surface area contributed by atoms with Gasteiger partial charge in [0.25, 0.3) is 11.2 Å². The number of nitrogens with one attached hydrogen (secondary N) is 1. The van der Waals surface area contributed by atoms with Crippen LogP contribution in [-0.4, -0.2) is 84.3 Å². The van der Waals surface area contributed by atoms with E-state index in [9.17, 15) is 29.3 Å². The summed E-state index contributed by atoms with van der Waals surface area (Å²) in [6, 6.07) is 5.81. The molecule has 0 bridgehead atoms. The first-order valence-corrected chi connectivity index (χ1v) is 27.7. The quantitative estimate of drug-likeness (QED) is 0.0173. The first-order chi connectivity index (χ1) is 28.9. The van der Waals surface area contributed by atoms with Crippen LogP contribution in [0.2, 0.25) is 16.6 Å². The number of carbonyl (C=O) groups excluding carboxylic acids is 2. The van der Waals surface area contributed by atoms with Crippen molar-refractivity contribution in [2.24, 2.45) is 0 Å². The summed E-state index contributed by atoms with van der Waals surface area (Å²) in [6.45, 7) is 22.9. The Kier molecular flexibility index (Phi) is 21.0. The van der Waals surface area contributed by atoms with Crippen LogP contribution in [0.4, 0.5) is 10.5 Å². The third-order valence-corrected chi connectivity index (χ3v) is 24.0. The summed E-state index contributed by atoms with van der Waals surface area (Å²) in [5.74, 6) is -0.711. The lowest BCUT2D eigenvalue weighted by atomic mass is 9.96. The van der Waals surface area contributed by atoms with Crippen LogP contribution in [0.1, 0.15) is 168 Å². The maximum atomic E-state index is 13.5. The van der Waals surface area contributed by atoms with E-state index in [1.807, 2.05) is 6.92 Å². The monoisotopic (exact) mass is 891 g/mol. The third-order valence-electron chi connectivity index (χ3n) is 12.9. The van der Waals surface area contributed by atoms with E-state index in [1.165, 1.54) is 86.1 Å². The summed E-state index contributed by atoms with van der Waals surface area (Å²) < 4.78 is 26.5. The van der Waals surface area contributed by atoms with Gasteiger partial charge < -0.3 is 18.6 Å². The molecule has 1 aromatic heterocycles. The molecule has 2 unspecified atom stereocenters. The number of nitro benzene ring substituents is 1. The summed E-state index contributed by atoms with van der Waals surface area (Å²) in [4.78, 5) is 66.1. The van der Waals surface area contributed by atoms with Crippen LogP contribution in [-0.2, 0) is 18.6 Å². The molecule has 344 valence electrons. The van der Waals surface area contributed by atoms with E-state index in [0.29, 0.717) is 24.0 Å². The molecule has 13 nitrogen and oxygen atoms in total. The zero-order valence-corrected chi connectivity index (χ0v) is 40.9. The molecule has 0 saturated carbocycles. The molecule has 1 saturated heterocycles. The van der Waals surface area contributed by atoms with Crippen LogP contribution < -0.4 is 11.2 Å². The van der Waals surface area contributed by atoms with Gasteiger partial charge in [0.1, 0.15) is 12.7 Å². The fourth-order valence-electron chi connectivity index (χ4n) is 9.55. The number of hydrogen-bond donors (Lipinski definition) is 1. The van der Waals surface area contributed by atoms with Gasteiger partial charge in [0, 0.05) is 49.1 Å². The maximum absolute atomic E-state index is 13.5. The number of Topliss-reactive ketones (excluding diaryl/α,β-unsaturated/α-hetero) is 1. The molecule has 1 aliphatic rings. The number of carbonyl (C=O) groups is 2. The van der Waals surface area contributed by atoms with Crippen molar-refractivity contribution >= 4 is 33.2 Å². The lowest BCUT2D eigenvalue weighted by Gasteiger charge is -2.45. The van der Waals surface area contributed by atoms with E-state index >= 15 is 0 Å². The predicted molar refractivity (Wildman–Crippen MR) is 248 cm³/mol. The Bertz CT molecular complexity index is 1790. The van der Waals surface area contributed by atoms with Crippen molar-refractivity contribution in [3.63, 3.8) is 0 Å². The molecule has 0 amide bonds. The highest BCUT2D eigenvalue weighted by Crippen LogP contribution is 2.61. The third kappa shape index (κ3) is 13.7. The number of H-pyrrole nitrogens is 1. The molecule has 15 heteroatoms. The molecule has 5 atom stereocenters. The van der Waals surface area contributed by atoms with E-state index in [0.717, 1.165) is 12.8 Å². The molecule has 1 aromatic carbocycles. The topological polar surface area (TPSA) is 169 Å². The van der Waals surface area contributed by atoms with Crippen molar-refractivity contribution in [3.8, 4) is 0 Å². The Balaban J connectivity index is 1.77. The fraction of sp³-hybridized carbons (Fsp3) is 0.739. The second-order valence-corrected chi connectivity index (χ2v) is 28.0. The van der Waals surface area contributed by atoms with Gasteiger partial charge in [-0.2, -0.15) is 0 Å². The van der Waals surface area contributed by atoms with Gasteiger partial charge in [-0.05, 0) is 55.1 Å². The number of ether oxygens (including phenoxy) is 3. The summed E-state index contributed by atoms with van der Waals surface area (Å²) in [5, 5.41) is 12.3. The van der Waals surface area contributed by atoms with Crippen molar-refractivity contribution in [1.29, 1.82) is 0 Å². The molecular weight excluding hydrogens is 814 g/mol. The predicted octanol–water partition coefficient (Wildman–Crippen LogP) is 11.4. The number of aromatic amines is 1. The highest BCUT2D eigenvalue weighted by Gasteiger charge is 2.55. The number of nitro groups is 1. The van der Waals surface area contributed by atoms with Crippen molar-refractivity contribution in [2.45, 2.75) is 187 Å². The molecule has 61 heavy (non-hydrogen) atoms. The SMILES string of the molecule is CCCC[P+](CCCC)(CCCC)CCCCC(=O)c1ccc(C(C)COC(=O)O[C@@H]2C(O[Si](C(C)C)(C(C)C)C(C)C)[C@H](n3ccc(=O)[nH]c3=O)O[C@@H]2CC)c([N+](=O)[O-])c1. The summed E-state index contributed by atoms with van der Waals surface area (Å²) >= 11 is 0. The maximum Gasteiger partial charge on any atom is 0.508 e. The van der Waals surface area contributed by atoms with E-state index in [-0.39, 0.29) is 34.7 Å². The standard InChI is InChI=1S/C46H76N3O10PSi/c1-12-16-26-60(27-17-13-2,28-18-14-3)29-20-19-21-39(50)36-22-23-37(38(30-36)49(54)55)35(11)31-56-46(53)58-42-40(15-4)57-44(48-25-24-41(51)47-45(48)52)43(42)59-61(32(5)6,33(7)8)34(9)10/h22-25,30,32-35,40,42-44H,12-21,26-29,31H2,1-11H3/p+1/t35?,40-,42+,43?,44-/m1/s1. The smallest absolute Gasteiger partial charge is 0.434 e. The van der Waals surface area contributed by atoms with E-state index < -0.39 is 68.4 Å². The summed E-state index contributed by atoms with van der Waals surface area (Å²) in [7, 11) is -3.72. The van der Waals surface area contributed by atoms with Gasteiger partial charge in [-0.15, -0.1) is 0 Å². The van der Waals surface area contributed by atoms with Crippen LogP contribution in [0.5, 0.6) is 0 Å². The lowest BCUT2D eigenvalue weighted by Crippen LogP contribution is -2.54. The molecule has 1 aliphatic heterocycles. The van der Waals surface area contributed by atoms with Gasteiger partial charge >= 0.3 is 11.8 Å². The number of hydrogen-bond acceptors (Lipinski definition) is 10. The van der Waals surface area contributed by atoms with E-state index in [2.05, 4.69) is 67.3 Å². The zero-order valence-electron chi connectivity index (χ0n) is 39.0. The van der Waals surface area contributed by atoms with Gasteiger partial charge in [0.15, 0.2) is 18.1 Å². The molecule has 1 fully saturated rings. The van der Waals surface area contributed by atoms with Gasteiger partial charge in [-0.3, -0.25) is 29.3 Å². The van der Waals surface area contributed by atoms with E-state index in [1.54, 1.807) is 19.1 Å². The Labute approximate surface area is 366 Å². The number of benzene rings is 1. The molecule has 0 spiro atoms. The number of unbranched alkanes of at least 4 members (excludes halogenated alkanes) is 4. The fourth-order valence-corrected chi connectivity index (χ4v) is 20.3. The Morgan fingerprint density at radius 2 is 1.43 bits per heavy atom. The van der Waals surface area contributed by atoms with Crippen molar-refractivity contribution in [1.82, 2.24) is 9.55 Å². The largest absolute Gasteiger partial charge is 0.508 e. The Morgan fingerprint density at radius 3 is 1.93 bits per heavy atom. The number of rotatable bonds is 27. The van der Waals surface area contributed by atoms with Crippen LogP contribution in [0, 0.1) is 10.1 Å². The Morgan fingerprint density at radius 1 is 0.852 bits per heavy atom. The lowest BCUT2D eigenvalue weighted by molar-refractivity contribution is -0.385.